The zero-order valence-corrected chi connectivity index (χ0v) is 14.5. The quantitative estimate of drug-likeness (QED) is 0.909. The lowest BCUT2D eigenvalue weighted by Crippen LogP contribution is -2.39. The molecule has 130 valence electrons. The molecule has 2 aliphatic rings. The van der Waals surface area contributed by atoms with Gasteiger partial charge in [0.2, 0.25) is 0 Å². The first kappa shape index (κ1) is 15.9. The van der Waals surface area contributed by atoms with Gasteiger partial charge in [0.15, 0.2) is 0 Å². The Morgan fingerprint density at radius 3 is 2.96 bits per heavy atom. The normalized spacial score (nSPS) is 20.1. The molecule has 1 saturated heterocycles. The average Bonchev–Trinajstić information content (AvgIpc) is 3.02. The minimum absolute atomic E-state index is 0.0179. The first-order valence-corrected chi connectivity index (χ1v) is 8.98. The zero-order valence-electron chi connectivity index (χ0n) is 14.5. The van der Waals surface area contributed by atoms with E-state index in [0.717, 1.165) is 30.6 Å². The van der Waals surface area contributed by atoms with Crippen molar-refractivity contribution < 1.29 is 9.90 Å². The smallest absolute Gasteiger partial charge is 0.261 e. The van der Waals surface area contributed by atoms with Crippen molar-refractivity contribution in [3.63, 3.8) is 0 Å². The van der Waals surface area contributed by atoms with Crippen molar-refractivity contribution in [3.8, 4) is 17.0 Å². The number of nitrogens with zero attached hydrogens (tertiary/aromatic N) is 3. The van der Waals surface area contributed by atoms with Gasteiger partial charge in [0.05, 0.1) is 17.5 Å². The van der Waals surface area contributed by atoms with Gasteiger partial charge in [0.1, 0.15) is 5.75 Å². The Morgan fingerprint density at radius 2 is 2.12 bits per heavy atom. The van der Waals surface area contributed by atoms with Crippen LogP contribution in [-0.4, -0.2) is 32.2 Å². The van der Waals surface area contributed by atoms with Crippen LogP contribution in [0.25, 0.3) is 11.3 Å². The van der Waals surface area contributed by atoms with E-state index in [2.05, 4.69) is 11.2 Å². The molecule has 1 aromatic heterocycles. The van der Waals surface area contributed by atoms with Gasteiger partial charge in [-0.15, -0.1) is 0 Å². The summed E-state index contributed by atoms with van der Waals surface area (Å²) >= 11 is 0. The first-order chi connectivity index (χ1) is 12.1. The number of phenolic OH excluding ortho intramolecular Hbond substituents is 1. The maximum atomic E-state index is 13.3. The van der Waals surface area contributed by atoms with Crippen molar-refractivity contribution in [3.05, 3.63) is 47.8 Å². The first-order valence-electron chi connectivity index (χ1n) is 8.98. The van der Waals surface area contributed by atoms with Crippen molar-refractivity contribution >= 4 is 5.91 Å². The molecule has 1 fully saturated rings. The Balaban J connectivity index is 1.73. The molecule has 5 nitrogen and oxygen atoms in total. The summed E-state index contributed by atoms with van der Waals surface area (Å²) < 4.78 is 1.71. The van der Waals surface area contributed by atoms with E-state index in [0.29, 0.717) is 11.5 Å². The van der Waals surface area contributed by atoms with Crippen LogP contribution in [-0.2, 0) is 7.05 Å². The maximum absolute atomic E-state index is 13.3. The second kappa shape index (κ2) is 6.39. The van der Waals surface area contributed by atoms with Crippen molar-refractivity contribution in [1.82, 2.24) is 14.7 Å². The molecule has 1 aliphatic heterocycles. The SMILES string of the molecule is Cn1ncc(C(=O)N2CCCC3CCCC=C32)c1-c1cccc(O)c1. The second-order valence-electron chi connectivity index (χ2n) is 6.94. The molecule has 0 saturated carbocycles. The van der Waals surface area contributed by atoms with Crippen molar-refractivity contribution in [2.45, 2.75) is 32.1 Å². The molecule has 1 aliphatic carbocycles. The fraction of sp³-hybridized carbons (Fsp3) is 0.400. The third-order valence-corrected chi connectivity index (χ3v) is 5.31. The molecule has 1 aromatic carbocycles. The number of carbonyl (C=O) groups is 1. The molecule has 1 N–H and O–H groups in total. The highest BCUT2D eigenvalue weighted by molar-refractivity contribution is 6.01. The number of fused-ring (bicyclic) bond motifs is 1. The number of rotatable bonds is 2. The van der Waals surface area contributed by atoms with Gasteiger partial charge in [0, 0.05) is 24.9 Å². The molecule has 0 bridgehead atoms. The van der Waals surface area contributed by atoms with Gasteiger partial charge in [-0.05, 0) is 50.2 Å². The van der Waals surface area contributed by atoms with Crippen LogP contribution < -0.4 is 0 Å². The van der Waals surface area contributed by atoms with Crippen molar-refractivity contribution in [1.29, 1.82) is 0 Å². The summed E-state index contributed by atoms with van der Waals surface area (Å²) in [6.07, 6.45) is 9.59. The van der Waals surface area contributed by atoms with Gasteiger partial charge in [-0.1, -0.05) is 18.2 Å². The number of allylic oxidation sites excluding steroid dienone is 2. The minimum atomic E-state index is 0.0179. The molecule has 25 heavy (non-hydrogen) atoms. The van der Waals surface area contributed by atoms with Gasteiger partial charge < -0.3 is 10.0 Å². The molecule has 1 amide bonds. The van der Waals surface area contributed by atoms with Gasteiger partial charge in [-0.25, -0.2) is 0 Å². The fourth-order valence-corrected chi connectivity index (χ4v) is 4.13. The number of likely N-dealkylation sites (tertiary alicyclic amines) is 1. The summed E-state index contributed by atoms with van der Waals surface area (Å²) in [5, 5.41) is 14.1. The van der Waals surface area contributed by atoms with Gasteiger partial charge in [0.25, 0.3) is 5.91 Å². The highest BCUT2D eigenvalue weighted by Crippen LogP contribution is 2.37. The van der Waals surface area contributed by atoms with E-state index in [9.17, 15) is 9.90 Å². The molecular weight excluding hydrogens is 314 g/mol. The number of benzene rings is 1. The van der Waals surface area contributed by atoms with Crippen LogP contribution in [0.3, 0.4) is 0 Å². The van der Waals surface area contributed by atoms with Gasteiger partial charge in [-0.3, -0.25) is 9.48 Å². The minimum Gasteiger partial charge on any atom is -0.508 e. The fourth-order valence-electron chi connectivity index (χ4n) is 4.13. The number of hydrogen-bond donors (Lipinski definition) is 1. The lowest BCUT2D eigenvalue weighted by Gasteiger charge is -2.38. The van der Waals surface area contributed by atoms with Crippen LogP contribution in [0.2, 0.25) is 0 Å². The lowest BCUT2D eigenvalue weighted by molar-refractivity contribution is 0.0749. The molecule has 0 radical (unpaired) electrons. The largest absolute Gasteiger partial charge is 0.508 e. The van der Waals surface area contributed by atoms with Crippen molar-refractivity contribution in [2.24, 2.45) is 13.0 Å². The van der Waals surface area contributed by atoms with Crippen LogP contribution in [0.1, 0.15) is 42.5 Å². The Morgan fingerprint density at radius 1 is 1.28 bits per heavy atom. The van der Waals surface area contributed by atoms with Gasteiger partial charge >= 0.3 is 0 Å². The Bertz CT molecular complexity index is 837. The van der Waals surface area contributed by atoms with Crippen LogP contribution >= 0.6 is 0 Å². The summed E-state index contributed by atoms with van der Waals surface area (Å²) in [6, 6.07) is 6.98. The predicted octanol–water partition coefficient (Wildman–Crippen LogP) is 3.71. The van der Waals surface area contributed by atoms with E-state index in [1.165, 1.54) is 25.0 Å². The number of phenols is 1. The summed E-state index contributed by atoms with van der Waals surface area (Å²) in [5.41, 5.74) is 3.35. The highest BCUT2D eigenvalue weighted by atomic mass is 16.3. The summed E-state index contributed by atoms with van der Waals surface area (Å²) in [6.45, 7) is 0.773. The highest BCUT2D eigenvalue weighted by Gasteiger charge is 2.32. The van der Waals surface area contributed by atoms with E-state index in [-0.39, 0.29) is 11.7 Å². The molecule has 1 atom stereocenters. The molecule has 2 heterocycles. The number of amides is 1. The number of hydrogen-bond acceptors (Lipinski definition) is 3. The van der Waals surface area contributed by atoms with E-state index < -0.39 is 0 Å². The lowest BCUT2D eigenvalue weighted by atomic mass is 9.84. The predicted molar refractivity (Wildman–Crippen MR) is 96.0 cm³/mol. The van der Waals surface area contributed by atoms with Crippen LogP contribution in [0.5, 0.6) is 5.75 Å². The van der Waals surface area contributed by atoms with Crippen LogP contribution in [0, 0.1) is 5.92 Å². The molecule has 1 unspecified atom stereocenters. The van der Waals surface area contributed by atoms with Crippen LogP contribution in [0.15, 0.2) is 42.2 Å². The third kappa shape index (κ3) is 2.84. The number of aromatic nitrogens is 2. The zero-order chi connectivity index (χ0) is 17.4. The van der Waals surface area contributed by atoms with E-state index in [4.69, 9.17) is 0 Å². The van der Waals surface area contributed by atoms with Crippen LogP contribution in [0.4, 0.5) is 0 Å². The average molecular weight is 337 g/mol. The number of aryl methyl sites for hydroxylation is 1. The van der Waals surface area contributed by atoms with E-state index in [1.807, 2.05) is 18.0 Å². The Labute approximate surface area is 147 Å². The molecule has 0 spiro atoms. The topological polar surface area (TPSA) is 58.4 Å². The Kier molecular flexibility index (Phi) is 4.07. The summed E-state index contributed by atoms with van der Waals surface area (Å²) in [4.78, 5) is 15.3. The monoisotopic (exact) mass is 337 g/mol. The summed E-state index contributed by atoms with van der Waals surface area (Å²) in [7, 11) is 1.83. The standard InChI is InChI=1S/C20H23N3O2/c1-22-19(15-7-4-9-16(24)12-15)17(13-21-22)20(25)23-11-5-8-14-6-2-3-10-18(14)23/h4,7,9-10,12-14,24H,2-3,5-6,8,11H2,1H3. The number of aromatic hydroxyl groups is 1. The van der Waals surface area contributed by atoms with Gasteiger partial charge in [-0.2, -0.15) is 5.10 Å². The molecule has 2 aromatic rings. The van der Waals surface area contributed by atoms with Crippen molar-refractivity contribution in [2.75, 3.05) is 6.54 Å². The number of carbonyl (C=O) groups excluding carboxylic acids is 1. The Hall–Kier alpha value is -2.56. The second-order valence-corrected chi connectivity index (χ2v) is 6.94. The number of piperidine rings is 1. The summed E-state index contributed by atoms with van der Waals surface area (Å²) in [5.74, 6) is 0.724. The van der Waals surface area contributed by atoms with E-state index in [1.54, 1.807) is 29.1 Å². The third-order valence-electron chi connectivity index (χ3n) is 5.31. The maximum Gasteiger partial charge on any atom is 0.261 e. The molecular formula is C20H23N3O2. The molecule has 4 rings (SSSR count). The van der Waals surface area contributed by atoms with E-state index >= 15 is 0 Å². The molecule has 5 heteroatoms.